The Morgan fingerprint density at radius 1 is 1.07 bits per heavy atom. The molecule has 0 bridgehead atoms. The zero-order valence-electron chi connectivity index (χ0n) is 17.0. The van der Waals surface area contributed by atoms with E-state index in [1.807, 2.05) is 17.0 Å². The van der Waals surface area contributed by atoms with Crippen molar-refractivity contribution in [1.29, 1.82) is 0 Å². The number of nitrogens with zero attached hydrogens (tertiary/aromatic N) is 4. The Morgan fingerprint density at radius 2 is 1.87 bits per heavy atom. The van der Waals surface area contributed by atoms with Crippen LogP contribution in [-0.4, -0.2) is 51.7 Å². The lowest BCUT2D eigenvalue weighted by Gasteiger charge is -2.34. The number of carbonyl (C=O) groups is 1. The average Bonchev–Trinajstić information content (AvgIpc) is 3.23. The maximum atomic E-state index is 12.8. The van der Waals surface area contributed by atoms with Gasteiger partial charge in [-0.25, -0.2) is 4.68 Å². The Hall–Kier alpha value is -2.83. The highest BCUT2D eigenvalue weighted by atomic mass is 35.5. The number of hydrogen-bond acceptors (Lipinski definition) is 4. The number of aryl methyl sites for hydroxylation is 1. The fourth-order valence-corrected chi connectivity index (χ4v) is 3.72. The molecular weight excluding hydrogens is 400 g/mol. The maximum absolute atomic E-state index is 12.8. The van der Waals surface area contributed by atoms with Crippen molar-refractivity contribution < 1.29 is 9.53 Å². The highest BCUT2D eigenvalue weighted by Gasteiger charge is 2.24. The predicted octanol–water partition coefficient (Wildman–Crippen LogP) is 3.84. The molecule has 7 heteroatoms. The van der Waals surface area contributed by atoms with Crippen LogP contribution in [0.2, 0.25) is 5.02 Å². The molecule has 0 N–H and O–H groups in total. The van der Waals surface area contributed by atoms with Crippen molar-refractivity contribution in [2.24, 2.45) is 0 Å². The highest BCUT2D eigenvalue weighted by molar-refractivity contribution is 6.30. The third-order valence-electron chi connectivity index (χ3n) is 5.33. The Labute approximate surface area is 181 Å². The van der Waals surface area contributed by atoms with Crippen molar-refractivity contribution in [2.45, 2.75) is 20.2 Å². The fraction of sp³-hybridized carbons (Fsp3) is 0.304. The van der Waals surface area contributed by atoms with Gasteiger partial charge in [-0.3, -0.25) is 9.69 Å². The van der Waals surface area contributed by atoms with E-state index in [1.165, 1.54) is 11.1 Å². The minimum absolute atomic E-state index is 0.0351. The summed E-state index contributed by atoms with van der Waals surface area (Å²) in [6.07, 6.45) is 1.76. The SMILES string of the molecule is Cc1ccccc1CN1CCN(C(=O)c2ccn(COc3cccc(Cl)c3)n2)CC1. The first-order valence-electron chi connectivity index (χ1n) is 10.1. The molecule has 1 amide bonds. The van der Waals surface area contributed by atoms with Crippen LogP contribution in [0.3, 0.4) is 0 Å². The summed E-state index contributed by atoms with van der Waals surface area (Å²) in [5.74, 6) is 0.627. The van der Waals surface area contributed by atoms with E-state index in [0.29, 0.717) is 29.6 Å². The molecule has 156 valence electrons. The summed E-state index contributed by atoms with van der Waals surface area (Å²) in [5.41, 5.74) is 3.09. The number of rotatable bonds is 6. The minimum Gasteiger partial charge on any atom is -0.471 e. The van der Waals surface area contributed by atoms with E-state index in [2.05, 4.69) is 41.2 Å². The molecule has 1 aliphatic rings. The van der Waals surface area contributed by atoms with Crippen LogP contribution < -0.4 is 4.74 Å². The van der Waals surface area contributed by atoms with Gasteiger partial charge in [-0.2, -0.15) is 5.10 Å². The number of amides is 1. The van der Waals surface area contributed by atoms with Gasteiger partial charge < -0.3 is 9.64 Å². The number of hydrogen-bond donors (Lipinski definition) is 0. The second kappa shape index (κ2) is 9.32. The summed E-state index contributed by atoms with van der Waals surface area (Å²) in [7, 11) is 0. The summed E-state index contributed by atoms with van der Waals surface area (Å²) in [6.45, 7) is 6.41. The van der Waals surface area contributed by atoms with Crippen molar-refractivity contribution in [3.63, 3.8) is 0 Å². The number of piperazine rings is 1. The molecule has 2 heterocycles. The van der Waals surface area contributed by atoms with Gasteiger partial charge in [-0.05, 0) is 42.3 Å². The van der Waals surface area contributed by atoms with Crippen molar-refractivity contribution in [3.8, 4) is 5.75 Å². The Morgan fingerprint density at radius 3 is 2.63 bits per heavy atom. The molecular formula is C23H25ClN4O2. The van der Waals surface area contributed by atoms with Gasteiger partial charge in [0.2, 0.25) is 0 Å². The van der Waals surface area contributed by atoms with E-state index in [0.717, 1.165) is 19.6 Å². The molecule has 4 rings (SSSR count). The molecule has 1 saturated heterocycles. The van der Waals surface area contributed by atoms with Crippen molar-refractivity contribution in [1.82, 2.24) is 19.6 Å². The monoisotopic (exact) mass is 424 g/mol. The average molecular weight is 425 g/mol. The second-order valence-corrected chi connectivity index (χ2v) is 7.90. The third-order valence-corrected chi connectivity index (χ3v) is 5.57. The van der Waals surface area contributed by atoms with Crippen LogP contribution in [0, 0.1) is 6.92 Å². The lowest BCUT2D eigenvalue weighted by Crippen LogP contribution is -2.48. The van der Waals surface area contributed by atoms with Crippen LogP contribution in [0.15, 0.2) is 60.8 Å². The van der Waals surface area contributed by atoms with Crippen LogP contribution in [0.4, 0.5) is 0 Å². The molecule has 0 saturated carbocycles. The molecule has 1 fully saturated rings. The number of halogens is 1. The molecule has 0 spiro atoms. The standard InChI is InChI=1S/C23H25ClN4O2/c1-18-5-2-3-6-19(18)16-26-11-13-27(14-12-26)23(29)22-9-10-28(25-22)17-30-21-8-4-7-20(24)15-21/h2-10,15H,11-14,16-17H2,1H3. The largest absolute Gasteiger partial charge is 0.471 e. The highest BCUT2D eigenvalue weighted by Crippen LogP contribution is 2.18. The van der Waals surface area contributed by atoms with E-state index in [4.69, 9.17) is 16.3 Å². The zero-order valence-corrected chi connectivity index (χ0v) is 17.8. The van der Waals surface area contributed by atoms with E-state index in [9.17, 15) is 4.79 Å². The zero-order chi connectivity index (χ0) is 20.9. The van der Waals surface area contributed by atoms with Gasteiger partial charge in [0.05, 0.1) is 0 Å². The molecule has 0 radical (unpaired) electrons. The second-order valence-electron chi connectivity index (χ2n) is 7.47. The molecule has 3 aromatic rings. The summed E-state index contributed by atoms with van der Waals surface area (Å²) in [6, 6.07) is 17.4. The van der Waals surface area contributed by atoms with Crippen molar-refractivity contribution in [2.75, 3.05) is 26.2 Å². The first kappa shape index (κ1) is 20.4. The molecule has 1 aliphatic heterocycles. The lowest BCUT2D eigenvalue weighted by atomic mass is 10.1. The number of aromatic nitrogens is 2. The maximum Gasteiger partial charge on any atom is 0.274 e. The molecule has 30 heavy (non-hydrogen) atoms. The molecule has 2 aromatic carbocycles. The van der Waals surface area contributed by atoms with E-state index in [1.54, 1.807) is 29.1 Å². The fourth-order valence-electron chi connectivity index (χ4n) is 3.54. The van der Waals surface area contributed by atoms with Gasteiger partial charge in [0.1, 0.15) is 5.75 Å². The molecule has 1 aromatic heterocycles. The van der Waals surface area contributed by atoms with Gasteiger partial charge in [0, 0.05) is 43.9 Å². The van der Waals surface area contributed by atoms with Crippen LogP contribution in [-0.2, 0) is 13.3 Å². The normalized spacial score (nSPS) is 14.7. The molecule has 0 atom stereocenters. The van der Waals surface area contributed by atoms with Gasteiger partial charge in [0.25, 0.3) is 5.91 Å². The molecule has 0 aliphatic carbocycles. The number of ether oxygens (including phenoxy) is 1. The minimum atomic E-state index is -0.0351. The lowest BCUT2D eigenvalue weighted by molar-refractivity contribution is 0.0620. The van der Waals surface area contributed by atoms with Crippen molar-refractivity contribution in [3.05, 3.63) is 82.6 Å². The third kappa shape index (κ3) is 5.01. The van der Waals surface area contributed by atoms with E-state index >= 15 is 0 Å². The summed E-state index contributed by atoms with van der Waals surface area (Å²) in [4.78, 5) is 17.1. The number of benzene rings is 2. The molecule has 6 nitrogen and oxygen atoms in total. The Kier molecular flexibility index (Phi) is 6.35. The number of carbonyl (C=O) groups excluding carboxylic acids is 1. The smallest absolute Gasteiger partial charge is 0.274 e. The van der Waals surface area contributed by atoms with Crippen LogP contribution >= 0.6 is 11.6 Å². The van der Waals surface area contributed by atoms with Gasteiger partial charge in [-0.1, -0.05) is 41.9 Å². The first-order chi connectivity index (χ1) is 14.6. The Bertz CT molecular complexity index is 1010. The van der Waals surface area contributed by atoms with Gasteiger partial charge in [-0.15, -0.1) is 0 Å². The summed E-state index contributed by atoms with van der Waals surface area (Å²) >= 11 is 5.97. The topological polar surface area (TPSA) is 50.6 Å². The summed E-state index contributed by atoms with van der Waals surface area (Å²) < 4.78 is 7.29. The van der Waals surface area contributed by atoms with Crippen molar-refractivity contribution >= 4 is 17.5 Å². The quantitative estimate of drug-likeness (QED) is 0.603. The Balaban J connectivity index is 1.29. The molecule has 0 unspecified atom stereocenters. The van der Waals surface area contributed by atoms with Crippen LogP contribution in [0.25, 0.3) is 0 Å². The predicted molar refractivity (Wildman–Crippen MR) is 117 cm³/mol. The van der Waals surface area contributed by atoms with Crippen LogP contribution in [0.5, 0.6) is 5.75 Å². The van der Waals surface area contributed by atoms with E-state index < -0.39 is 0 Å². The van der Waals surface area contributed by atoms with E-state index in [-0.39, 0.29) is 12.6 Å². The first-order valence-corrected chi connectivity index (χ1v) is 10.4. The van der Waals surface area contributed by atoms with Gasteiger partial charge >= 0.3 is 0 Å². The van der Waals surface area contributed by atoms with Gasteiger partial charge in [0.15, 0.2) is 12.4 Å². The summed E-state index contributed by atoms with van der Waals surface area (Å²) in [5, 5.41) is 4.99. The van der Waals surface area contributed by atoms with Crippen LogP contribution in [0.1, 0.15) is 21.6 Å².